The Morgan fingerprint density at radius 1 is 1.48 bits per heavy atom. The van der Waals surface area contributed by atoms with Crippen molar-refractivity contribution < 1.29 is 9.53 Å². The molecule has 0 unspecified atom stereocenters. The number of hydrogen-bond donors (Lipinski definition) is 0. The number of carbonyl (C=O) groups excluding carboxylic acids is 1. The highest BCUT2D eigenvalue weighted by Crippen LogP contribution is 2.25. The van der Waals surface area contributed by atoms with E-state index in [1.54, 1.807) is 18.2 Å². The monoisotopic (exact) mass is 325 g/mol. The molecular formula is C16H17Cl2NO2. The zero-order chi connectivity index (χ0) is 15.2. The third-order valence-corrected chi connectivity index (χ3v) is 4.07. The largest absolute Gasteiger partial charge is 0.368 e. The number of nitrogens with zero attached hydrogens (tertiary/aromatic N) is 1. The number of amides is 1. The lowest BCUT2D eigenvalue weighted by Crippen LogP contribution is -2.41. The maximum Gasteiger partial charge on any atom is 0.255 e. The van der Waals surface area contributed by atoms with Gasteiger partial charge in [0.1, 0.15) is 6.61 Å². The molecule has 0 bridgehead atoms. The van der Waals surface area contributed by atoms with Crippen LogP contribution in [0.5, 0.6) is 0 Å². The first kappa shape index (κ1) is 16.2. The van der Waals surface area contributed by atoms with Gasteiger partial charge in [0.05, 0.1) is 17.2 Å². The first-order chi connectivity index (χ1) is 10.1. The number of carbonyl (C=O) groups is 1. The molecular weight excluding hydrogens is 309 g/mol. The summed E-state index contributed by atoms with van der Waals surface area (Å²) in [6.45, 7) is 2.28. The summed E-state index contributed by atoms with van der Waals surface area (Å²) in [6, 6.07) is 4.94. The van der Waals surface area contributed by atoms with Gasteiger partial charge in [0.25, 0.3) is 5.91 Å². The normalized spacial score (nSPS) is 18.3. The summed E-state index contributed by atoms with van der Waals surface area (Å²) >= 11 is 12.0. The van der Waals surface area contributed by atoms with Crippen LogP contribution in [0.3, 0.4) is 0 Å². The molecule has 0 aromatic heterocycles. The fourth-order valence-electron chi connectivity index (χ4n) is 2.50. The van der Waals surface area contributed by atoms with E-state index in [2.05, 4.69) is 5.92 Å². The van der Waals surface area contributed by atoms with E-state index in [1.807, 2.05) is 4.90 Å². The van der Waals surface area contributed by atoms with Crippen LogP contribution in [-0.4, -0.2) is 37.1 Å². The van der Waals surface area contributed by atoms with Crippen LogP contribution in [-0.2, 0) is 4.74 Å². The third kappa shape index (κ3) is 4.38. The topological polar surface area (TPSA) is 29.5 Å². The van der Waals surface area contributed by atoms with Gasteiger partial charge in [0.2, 0.25) is 0 Å². The lowest BCUT2D eigenvalue weighted by Gasteiger charge is -2.32. The van der Waals surface area contributed by atoms with Crippen molar-refractivity contribution in [1.82, 2.24) is 4.90 Å². The molecule has 0 radical (unpaired) electrons. The molecule has 5 heteroatoms. The first-order valence-electron chi connectivity index (χ1n) is 6.87. The van der Waals surface area contributed by atoms with Crippen LogP contribution < -0.4 is 0 Å². The summed E-state index contributed by atoms with van der Waals surface area (Å²) < 4.78 is 5.38. The van der Waals surface area contributed by atoms with Crippen molar-refractivity contribution in [3.8, 4) is 12.3 Å². The summed E-state index contributed by atoms with van der Waals surface area (Å²) in [5, 5.41) is 0.934. The smallest absolute Gasteiger partial charge is 0.255 e. The first-order valence-corrected chi connectivity index (χ1v) is 7.63. The second-order valence-electron chi connectivity index (χ2n) is 5.10. The minimum Gasteiger partial charge on any atom is -0.368 e. The highest BCUT2D eigenvalue weighted by molar-refractivity contribution is 6.35. The van der Waals surface area contributed by atoms with Crippen LogP contribution in [0.2, 0.25) is 10.0 Å². The summed E-state index contributed by atoms with van der Waals surface area (Å²) in [6.07, 6.45) is 7.15. The van der Waals surface area contributed by atoms with Crippen LogP contribution in [0.1, 0.15) is 23.2 Å². The minimum absolute atomic E-state index is 0.0795. The molecule has 1 amide bonds. The number of likely N-dealkylation sites (tertiary alicyclic amines) is 1. The Labute approximate surface area is 135 Å². The van der Waals surface area contributed by atoms with Crippen molar-refractivity contribution in [1.29, 1.82) is 0 Å². The van der Waals surface area contributed by atoms with Gasteiger partial charge in [0, 0.05) is 24.0 Å². The number of benzene rings is 1. The Balaban J connectivity index is 2.02. The van der Waals surface area contributed by atoms with E-state index >= 15 is 0 Å². The molecule has 1 saturated heterocycles. The van der Waals surface area contributed by atoms with Gasteiger partial charge in [-0.3, -0.25) is 4.79 Å². The van der Waals surface area contributed by atoms with E-state index in [0.717, 1.165) is 19.4 Å². The van der Waals surface area contributed by atoms with Crippen LogP contribution >= 0.6 is 23.2 Å². The van der Waals surface area contributed by atoms with Crippen LogP contribution in [0.4, 0.5) is 0 Å². The minimum atomic E-state index is -0.0795. The summed E-state index contributed by atoms with van der Waals surface area (Å²) in [4.78, 5) is 14.4. The van der Waals surface area contributed by atoms with Gasteiger partial charge in [-0.25, -0.2) is 0 Å². The van der Waals surface area contributed by atoms with Gasteiger partial charge in [-0.2, -0.15) is 0 Å². The quantitative estimate of drug-likeness (QED) is 0.626. The molecule has 1 heterocycles. The molecule has 21 heavy (non-hydrogen) atoms. The van der Waals surface area contributed by atoms with Crippen LogP contribution in [0.15, 0.2) is 18.2 Å². The van der Waals surface area contributed by atoms with Crippen molar-refractivity contribution in [2.24, 2.45) is 5.92 Å². The average Bonchev–Trinajstić information content (AvgIpc) is 2.49. The number of piperidine rings is 1. The lowest BCUT2D eigenvalue weighted by atomic mass is 9.98. The van der Waals surface area contributed by atoms with Crippen molar-refractivity contribution in [2.75, 3.05) is 26.3 Å². The molecule has 1 aliphatic heterocycles. The maximum atomic E-state index is 12.6. The van der Waals surface area contributed by atoms with E-state index in [-0.39, 0.29) is 5.91 Å². The summed E-state index contributed by atoms with van der Waals surface area (Å²) in [7, 11) is 0. The average molecular weight is 326 g/mol. The van der Waals surface area contributed by atoms with Crippen molar-refractivity contribution >= 4 is 29.1 Å². The maximum absolute atomic E-state index is 12.6. The van der Waals surface area contributed by atoms with E-state index in [0.29, 0.717) is 41.3 Å². The number of ether oxygens (including phenoxy) is 1. The molecule has 1 aromatic carbocycles. The summed E-state index contributed by atoms with van der Waals surface area (Å²) in [5.41, 5.74) is 0.453. The SMILES string of the molecule is C#CCOC[C@@H]1CCCN(C(=O)c2cc(Cl)ccc2Cl)C1. The fraction of sp³-hybridized carbons (Fsp3) is 0.438. The second-order valence-corrected chi connectivity index (χ2v) is 5.95. The zero-order valence-electron chi connectivity index (χ0n) is 11.6. The molecule has 112 valence electrons. The second kappa shape index (κ2) is 7.70. The summed E-state index contributed by atoms with van der Waals surface area (Å²) in [5.74, 6) is 2.68. The van der Waals surface area contributed by atoms with E-state index in [9.17, 15) is 4.79 Å². The van der Waals surface area contributed by atoms with Crippen molar-refractivity contribution in [3.63, 3.8) is 0 Å². The Morgan fingerprint density at radius 3 is 3.05 bits per heavy atom. The third-order valence-electron chi connectivity index (χ3n) is 3.50. The van der Waals surface area contributed by atoms with Gasteiger partial charge in [0.15, 0.2) is 0 Å². The number of hydrogen-bond acceptors (Lipinski definition) is 2. The molecule has 1 atom stereocenters. The zero-order valence-corrected chi connectivity index (χ0v) is 13.2. The Kier molecular flexibility index (Phi) is 5.93. The van der Waals surface area contributed by atoms with E-state index in [1.165, 1.54) is 0 Å². The number of rotatable bonds is 4. The lowest BCUT2D eigenvalue weighted by molar-refractivity contribution is 0.0534. The van der Waals surface area contributed by atoms with Crippen molar-refractivity contribution in [2.45, 2.75) is 12.8 Å². The number of terminal acetylenes is 1. The fourth-order valence-corrected chi connectivity index (χ4v) is 2.87. The standard InChI is InChI=1S/C16H17Cl2NO2/c1-2-8-21-11-12-4-3-7-19(10-12)16(20)14-9-13(17)5-6-15(14)18/h1,5-6,9,12H,3-4,7-8,10-11H2/t12-/m1/s1. The van der Waals surface area contributed by atoms with Gasteiger partial charge >= 0.3 is 0 Å². The van der Waals surface area contributed by atoms with E-state index < -0.39 is 0 Å². The highest BCUT2D eigenvalue weighted by Gasteiger charge is 2.25. The molecule has 3 nitrogen and oxygen atoms in total. The molecule has 0 spiro atoms. The van der Waals surface area contributed by atoms with Crippen molar-refractivity contribution in [3.05, 3.63) is 33.8 Å². The molecule has 1 aliphatic rings. The highest BCUT2D eigenvalue weighted by atomic mass is 35.5. The van der Waals surface area contributed by atoms with Gasteiger partial charge in [-0.05, 0) is 31.0 Å². The molecule has 1 aromatic rings. The predicted molar refractivity (Wildman–Crippen MR) is 84.7 cm³/mol. The van der Waals surface area contributed by atoms with Gasteiger partial charge in [-0.15, -0.1) is 6.42 Å². The van der Waals surface area contributed by atoms with E-state index in [4.69, 9.17) is 34.4 Å². The predicted octanol–water partition coefficient (Wildman–Crippen LogP) is 3.50. The number of halogens is 2. The Bertz CT molecular complexity index is 554. The van der Waals surface area contributed by atoms with Crippen LogP contribution in [0, 0.1) is 18.3 Å². The van der Waals surface area contributed by atoms with Gasteiger partial charge in [-0.1, -0.05) is 29.1 Å². The Hall–Kier alpha value is -1.21. The van der Waals surface area contributed by atoms with Gasteiger partial charge < -0.3 is 9.64 Å². The molecule has 0 N–H and O–H groups in total. The molecule has 1 fully saturated rings. The Morgan fingerprint density at radius 2 is 2.29 bits per heavy atom. The molecule has 2 rings (SSSR count). The van der Waals surface area contributed by atoms with Crippen LogP contribution in [0.25, 0.3) is 0 Å². The molecule has 0 saturated carbocycles. The molecule has 0 aliphatic carbocycles.